The Morgan fingerprint density at radius 3 is 2.55 bits per heavy atom. The van der Waals surface area contributed by atoms with Crippen LogP contribution in [0.1, 0.15) is 36.9 Å². The van der Waals surface area contributed by atoms with Crippen molar-refractivity contribution in [2.24, 2.45) is 5.92 Å². The first-order valence-corrected chi connectivity index (χ1v) is 7.90. The Kier molecular flexibility index (Phi) is 5.20. The first-order chi connectivity index (χ1) is 9.60. The molecule has 2 rings (SSSR count). The Labute approximate surface area is 124 Å². The molecule has 0 aromatic carbocycles. The molecule has 2 aromatic rings. The van der Waals surface area contributed by atoms with Crippen molar-refractivity contribution >= 4 is 11.3 Å². The molecule has 0 aliphatic heterocycles. The SMILES string of the molecule is CCNCc1sc(-c2ncc(C)cn2)nc1CC(C)C. The van der Waals surface area contributed by atoms with Gasteiger partial charge in [0.05, 0.1) is 5.69 Å². The van der Waals surface area contributed by atoms with Gasteiger partial charge in [0.2, 0.25) is 0 Å². The fraction of sp³-hybridized carbons (Fsp3) is 0.533. The van der Waals surface area contributed by atoms with Crippen LogP contribution in [0.4, 0.5) is 0 Å². The second kappa shape index (κ2) is 6.90. The molecule has 0 amide bonds. The number of hydrogen-bond acceptors (Lipinski definition) is 5. The van der Waals surface area contributed by atoms with E-state index in [9.17, 15) is 0 Å². The lowest BCUT2D eigenvalue weighted by Gasteiger charge is -2.04. The van der Waals surface area contributed by atoms with E-state index in [1.807, 2.05) is 19.3 Å². The summed E-state index contributed by atoms with van der Waals surface area (Å²) in [5.41, 5.74) is 2.26. The summed E-state index contributed by atoms with van der Waals surface area (Å²) in [6, 6.07) is 0. The normalized spacial score (nSPS) is 11.2. The van der Waals surface area contributed by atoms with Crippen molar-refractivity contribution < 1.29 is 0 Å². The highest BCUT2D eigenvalue weighted by Crippen LogP contribution is 2.27. The zero-order chi connectivity index (χ0) is 14.5. The highest BCUT2D eigenvalue weighted by molar-refractivity contribution is 7.15. The van der Waals surface area contributed by atoms with Crippen molar-refractivity contribution in [1.82, 2.24) is 20.3 Å². The summed E-state index contributed by atoms with van der Waals surface area (Å²) >= 11 is 1.70. The van der Waals surface area contributed by atoms with E-state index in [1.165, 1.54) is 10.6 Å². The van der Waals surface area contributed by atoms with Crippen LogP contribution >= 0.6 is 11.3 Å². The molecule has 0 fully saturated rings. The summed E-state index contributed by atoms with van der Waals surface area (Å²) in [6.45, 7) is 10.4. The first-order valence-electron chi connectivity index (χ1n) is 7.08. The largest absolute Gasteiger partial charge is 0.312 e. The molecule has 108 valence electrons. The maximum atomic E-state index is 4.76. The molecule has 0 aliphatic rings. The molecule has 5 heteroatoms. The lowest BCUT2D eigenvalue weighted by atomic mass is 10.1. The van der Waals surface area contributed by atoms with Crippen molar-refractivity contribution in [2.75, 3.05) is 6.54 Å². The van der Waals surface area contributed by atoms with Gasteiger partial charge >= 0.3 is 0 Å². The molecule has 2 heterocycles. The van der Waals surface area contributed by atoms with Gasteiger partial charge in [0.15, 0.2) is 10.8 Å². The fourth-order valence-corrected chi connectivity index (χ4v) is 2.91. The van der Waals surface area contributed by atoms with E-state index in [-0.39, 0.29) is 0 Å². The summed E-state index contributed by atoms with van der Waals surface area (Å²) in [6.07, 6.45) is 4.69. The van der Waals surface area contributed by atoms with Gasteiger partial charge in [0.25, 0.3) is 0 Å². The molecule has 0 saturated carbocycles. The number of thiazole rings is 1. The Morgan fingerprint density at radius 2 is 1.95 bits per heavy atom. The third-order valence-electron chi connectivity index (χ3n) is 2.89. The van der Waals surface area contributed by atoms with Gasteiger partial charge in [0.1, 0.15) is 0 Å². The average molecular weight is 290 g/mol. The summed E-state index contributed by atoms with van der Waals surface area (Å²) < 4.78 is 0. The average Bonchev–Trinajstić information content (AvgIpc) is 2.79. The quantitative estimate of drug-likeness (QED) is 0.887. The molecular weight excluding hydrogens is 268 g/mol. The second-order valence-electron chi connectivity index (χ2n) is 5.35. The molecule has 0 atom stereocenters. The number of hydrogen-bond donors (Lipinski definition) is 1. The maximum Gasteiger partial charge on any atom is 0.188 e. The monoisotopic (exact) mass is 290 g/mol. The molecule has 1 N–H and O–H groups in total. The van der Waals surface area contributed by atoms with E-state index in [4.69, 9.17) is 4.98 Å². The van der Waals surface area contributed by atoms with Gasteiger partial charge < -0.3 is 5.32 Å². The number of aryl methyl sites for hydroxylation is 1. The lowest BCUT2D eigenvalue weighted by molar-refractivity contribution is 0.627. The van der Waals surface area contributed by atoms with Gasteiger partial charge in [-0.25, -0.2) is 15.0 Å². The Morgan fingerprint density at radius 1 is 1.25 bits per heavy atom. The highest BCUT2D eigenvalue weighted by atomic mass is 32.1. The van der Waals surface area contributed by atoms with Gasteiger partial charge in [0, 0.05) is 23.8 Å². The minimum atomic E-state index is 0.601. The van der Waals surface area contributed by atoms with E-state index >= 15 is 0 Å². The molecule has 0 aliphatic carbocycles. The molecule has 20 heavy (non-hydrogen) atoms. The van der Waals surface area contributed by atoms with Crippen molar-refractivity contribution in [2.45, 2.75) is 40.7 Å². The second-order valence-corrected chi connectivity index (χ2v) is 6.43. The number of aromatic nitrogens is 3. The van der Waals surface area contributed by atoms with Crippen LogP contribution in [-0.4, -0.2) is 21.5 Å². The molecule has 0 saturated heterocycles. The maximum absolute atomic E-state index is 4.76. The van der Waals surface area contributed by atoms with Crippen LogP contribution in [0.5, 0.6) is 0 Å². The Balaban J connectivity index is 2.29. The number of nitrogens with one attached hydrogen (secondary N) is 1. The van der Waals surface area contributed by atoms with Crippen LogP contribution in [0.3, 0.4) is 0 Å². The third-order valence-corrected chi connectivity index (χ3v) is 3.98. The van der Waals surface area contributed by atoms with Crippen molar-refractivity contribution in [3.63, 3.8) is 0 Å². The van der Waals surface area contributed by atoms with Crippen molar-refractivity contribution in [1.29, 1.82) is 0 Å². The lowest BCUT2D eigenvalue weighted by Crippen LogP contribution is -2.12. The van der Waals surface area contributed by atoms with Gasteiger partial charge in [-0.1, -0.05) is 20.8 Å². The summed E-state index contributed by atoms with van der Waals surface area (Å²) in [5, 5.41) is 4.31. The van der Waals surface area contributed by atoms with E-state index in [1.54, 1.807) is 11.3 Å². The first kappa shape index (κ1) is 15.1. The topological polar surface area (TPSA) is 50.7 Å². The van der Waals surface area contributed by atoms with Crippen LogP contribution in [0.15, 0.2) is 12.4 Å². The molecule has 2 aromatic heterocycles. The molecule has 0 unspecified atom stereocenters. The minimum absolute atomic E-state index is 0.601. The zero-order valence-corrected chi connectivity index (χ0v) is 13.4. The van der Waals surface area contributed by atoms with Gasteiger partial charge in [-0.15, -0.1) is 11.3 Å². The highest BCUT2D eigenvalue weighted by Gasteiger charge is 2.14. The smallest absolute Gasteiger partial charge is 0.188 e. The Hall–Kier alpha value is -1.33. The predicted molar refractivity (Wildman–Crippen MR) is 83.8 cm³/mol. The van der Waals surface area contributed by atoms with Gasteiger partial charge in [-0.2, -0.15) is 0 Å². The van der Waals surface area contributed by atoms with E-state index in [2.05, 4.69) is 36.1 Å². The summed E-state index contributed by atoms with van der Waals surface area (Å²) in [7, 11) is 0. The minimum Gasteiger partial charge on any atom is -0.312 e. The van der Waals surface area contributed by atoms with E-state index in [0.717, 1.165) is 35.9 Å². The van der Waals surface area contributed by atoms with Gasteiger partial charge in [-0.3, -0.25) is 0 Å². The van der Waals surface area contributed by atoms with Crippen LogP contribution in [0.25, 0.3) is 10.8 Å². The van der Waals surface area contributed by atoms with E-state index in [0.29, 0.717) is 5.92 Å². The van der Waals surface area contributed by atoms with Crippen molar-refractivity contribution in [3.05, 3.63) is 28.5 Å². The standard InChI is InChI=1S/C15H22N4S/c1-5-16-9-13-12(6-10(2)3)19-15(20-13)14-17-7-11(4)8-18-14/h7-8,10,16H,5-6,9H2,1-4H3. The van der Waals surface area contributed by atoms with Gasteiger partial charge in [-0.05, 0) is 31.4 Å². The molecule has 0 bridgehead atoms. The van der Waals surface area contributed by atoms with Crippen LogP contribution < -0.4 is 5.32 Å². The van der Waals surface area contributed by atoms with Crippen molar-refractivity contribution in [3.8, 4) is 10.8 Å². The summed E-state index contributed by atoms with van der Waals surface area (Å²) in [4.78, 5) is 14.8. The Bertz CT molecular complexity index is 546. The van der Waals surface area contributed by atoms with Crippen LogP contribution in [-0.2, 0) is 13.0 Å². The molecule has 0 radical (unpaired) electrons. The molecule has 4 nitrogen and oxygen atoms in total. The fourth-order valence-electron chi connectivity index (χ4n) is 1.90. The van der Waals surface area contributed by atoms with Crippen LogP contribution in [0.2, 0.25) is 0 Å². The molecule has 0 spiro atoms. The zero-order valence-electron chi connectivity index (χ0n) is 12.6. The molecular formula is C15H22N4S. The van der Waals surface area contributed by atoms with Crippen LogP contribution in [0, 0.1) is 12.8 Å². The van der Waals surface area contributed by atoms with E-state index < -0.39 is 0 Å². The summed E-state index contributed by atoms with van der Waals surface area (Å²) in [5.74, 6) is 1.33. The third kappa shape index (κ3) is 3.84. The predicted octanol–water partition coefficient (Wildman–Crippen LogP) is 3.22. The number of rotatable bonds is 6. The number of nitrogens with zero attached hydrogens (tertiary/aromatic N) is 3.